The number of carbonyl (C=O) groups is 1. The van der Waals surface area contributed by atoms with Gasteiger partial charge in [0, 0.05) is 11.9 Å². The fraction of sp³-hybridized carbons (Fsp3) is 0.167. The molecule has 1 aromatic heterocycles. The maximum absolute atomic E-state index is 11.1. The Kier molecular flexibility index (Phi) is 3.44. The van der Waals surface area contributed by atoms with Crippen molar-refractivity contribution in [1.82, 2.24) is 9.78 Å². The standard InChI is InChI=1S/C12H12ClN3O/c1-9-7-14-16(8-9)11-4-2-10(3-5-11)15-12(17)6-13/h2-5,7-8H,6H2,1H3,(H,15,17). The predicted octanol–water partition coefficient (Wildman–Crippen LogP) is 2.36. The zero-order valence-corrected chi connectivity index (χ0v) is 10.1. The Bertz CT molecular complexity index is 519. The van der Waals surface area contributed by atoms with Crippen molar-refractivity contribution < 1.29 is 4.79 Å². The number of aryl methyl sites for hydroxylation is 1. The summed E-state index contributed by atoms with van der Waals surface area (Å²) in [5.41, 5.74) is 2.77. The van der Waals surface area contributed by atoms with Crippen LogP contribution in [0, 0.1) is 6.92 Å². The first-order valence-corrected chi connectivity index (χ1v) is 5.70. The molecule has 1 aromatic carbocycles. The minimum absolute atomic E-state index is 0.0416. The third-order valence-electron chi connectivity index (χ3n) is 2.25. The number of carbonyl (C=O) groups excluding carboxylic acids is 1. The lowest BCUT2D eigenvalue weighted by atomic mass is 10.3. The monoisotopic (exact) mass is 249 g/mol. The van der Waals surface area contributed by atoms with Gasteiger partial charge in [0.15, 0.2) is 0 Å². The van der Waals surface area contributed by atoms with Gasteiger partial charge in [0.05, 0.1) is 11.9 Å². The van der Waals surface area contributed by atoms with E-state index in [0.29, 0.717) is 0 Å². The molecule has 0 radical (unpaired) electrons. The molecule has 2 rings (SSSR count). The van der Waals surface area contributed by atoms with Gasteiger partial charge >= 0.3 is 0 Å². The molecule has 0 saturated carbocycles. The zero-order valence-electron chi connectivity index (χ0n) is 9.35. The molecule has 0 fully saturated rings. The van der Waals surface area contributed by atoms with Crippen LogP contribution in [0.4, 0.5) is 5.69 Å². The van der Waals surface area contributed by atoms with Crippen molar-refractivity contribution in [2.75, 3.05) is 11.2 Å². The number of rotatable bonds is 3. The van der Waals surface area contributed by atoms with Crippen LogP contribution in [0.1, 0.15) is 5.56 Å². The lowest BCUT2D eigenvalue weighted by molar-refractivity contribution is -0.113. The van der Waals surface area contributed by atoms with E-state index < -0.39 is 0 Å². The summed E-state index contributed by atoms with van der Waals surface area (Å²) in [4.78, 5) is 11.1. The fourth-order valence-electron chi connectivity index (χ4n) is 1.45. The Labute approximate surface area is 104 Å². The number of halogens is 1. The average molecular weight is 250 g/mol. The van der Waals surface area contributed by atoms with Gasteiger partial charge in [-0.05, 0) is 36.8 Å². The fourth-order valence-corrected chi connectivity index (χ4v) is 1.51. The minimum atomic E-state index is -0.214. The van der Waals surface area contributed by atoms with E-state index in [1.54, 1.807) is 10.9 Å². The Hall–Kier alpha value is -1.81. The number of anilines is 1. The van der Waals surface area contributed by atoms with E-state index in [0.717, 1.165) is 16.9 Å². The molecule has 1 heterocycles. The van der Waals surface area contributed by atoms with Gasteiger partial charge in [-0.1, -0.05) is 0 Å². The molecule has 17 heavy (non-hydrogen) atoms. The highest BCUT2D eigenvalue weighted by Gasteiger charge is 2.01. The highest BCUT2D eigenvalue weighted by atomic mass is 35.5. The molecule has 5 heteroatoms. The van der Waals surface area contributed by atoms with Gasteiger partial charge < -0.3 is 5.32 Å². The first-order chi connectivity index (χ1) is 8.19. The molecule has 0 bridgehead atoms. The van der Waals surface area contributed by atoms with E-state index in [4.69, 9.17) is 11.6 Å². The van der Waals surface area contributed by atoms with Gasteiger partial charge in [0.2, 0.25) is 5.91 Å². The van der Waals surface area contributed by atoms with Crippen LogP contribution in [-0.2, 0) is 4.79 Å². The number of hydrogen-bond donors (Lipinski definition) is 1. The predicted molar refractivity (Wildman–Crippen MR) is 67.7 cm³/mol. The molecule has 0 spiro atoms. The van der Waals surface area contributed by atoms with Gasteiger partial charge in [0.25, 0.3) is 0 Å². The smallest absolute Gasteiger partial charge is 0.239 e. The lowest BCUT2D eigenvalue weighted by Crippen LogP contribution is -2.12. The molecule has 0 aliphatic carbocycles. The van der Waals surface area contributed by atoms with Crippen molar-refractivity contribution in [1.29, 1.82) is 0 Å². The van der Waals surface area contributed by atoms with Crippen LogP contribution in [0.5, 0.6) is 0 Å². The third kappa shape index (κ3) is 2.85. The van der Waals surface area contributed by atoms with Crippen LogP contribution in [-0.4, -0.2) is 21.6 Å². The van der Waals surface area contributed by atoms with Crippen molar-refractivity contribution >= 4 is 23.2 Å². The van der Waals surface area contributed by atoms with Gasteiger partial charge in [-0.25, -0.2) is 4.68 Å². The number of benzene rings is 1. The second-order valence-corrected chi connectivity index (χ2v) is 3.96. The van der Waals surface area contributed by atoms with E-state index in [1.165, 1.54) is 0 Å². The van der Waals surface area contributed by atoms with Gasteiger partial charge in [0.1, 0.15) is 5.88 Å². The van der Waals surface area contributed by atoms with Crippen LogP contribution in [0.2, 0.25) is 0 Å². The first-order valence-electron chi connectivity index (χ1n) is 5.16. The van der Waals surface area contributed by atoms with E-state index in [1.807, 2.05) is 37.4 Å². The highest BCUT2D eigenvalue weighted by Crippen LogP contribution is 2.13. The van der Waals surface area contributed by atoms with Crippen molar-refractivity contribution in [3.05, 3.63) is 42.2 Å². The number of nitrogens with one attached hydrogen (secondary N) is 1. The van der Waals surface area contributed by atoms with E-state index in [2.05, 4.69) is 10.4 Å². The molecule has 0 unspecified atom stereocenters. The van der Waals surface area contributed by atoms with Crippen molar-refractivity contribution in [3.63, 3.8) is 0 Å². The SMILES string of the molecule is Cc1cnn(-c2ccc(NC(=O)CCl)cc2)c1. The maximum Gasteiger partial charge on any atom is 0.239 e. The molecule has 2 aromatic rings. The summed E-state index contributed by atoms with van der Waals surface area (Å²) in [7, 11) is 0. The van der Waals surface area contributed by atoms with Gasteiger partial charge in [-0.2, -0.15) is 5.10 Å². The van der Waals surface area contributed by atoms with Crippen molar-refractivity contribution in [3.8, 4) is 5.69 Å². The van der Waals surface area contributed by atoms with Gasteiger partial charge in [-0.3, -0.25) is 4.79 Å². The van der Waals surface area contributed by atoms with Crippen LogP contribution in [0.15, 0.2) is 36.7 Å². The highest BCUT2D eigenvalue weighted by molar-refractivity contribution is 6.29. The van der Waals surface area contributed by atoms with Crippen LogP contribution in [0.25, 0.3) is 5.69 Å². The van der Waals surface area contributed by atoms with Crippen LogP contribution >= 0.6 is 11.6 Å². The summed E-state index contributed by atoms with van der Waals surface area (Å²) in [6.45, 7) is 1.98. The molecule has 0 aliphatic heterocycles. The summed E-state index contributed by atoms with van der Waals surface area (Å²) >= 11 is 5.41. The summed E-state index contributed by atoms with van der Waals surface area (Å²) in [6, 6.07) is 7.40. The molecule has 1 N–H and O–H groups in total. The lowest BCUT2D eigenvalue weighted by Gasteiger charge is -2.05. The molecule has 1 amide bonds. The molecular weight excluding hydrogens is 238 g/mol. The molecule has 88 valence electrons. The largest absolute Gasteiger partial charge is 0.325 e. The summed E-state index contributed by atoms with van der Waals surface area (Å²) in [5, 5.41) is 6.88. The van der Waals surface area contributed by atoms with Crippen LogP contribution < -0.4 is 5.32 Å². The summed E-state index contributed by atoms with van der Waals surface area (Å²) in [5.74, 6) is -0.255. The maximum atomic E-state index is 11.1. The van der Waals surface area contributed by atoms with Crippen LogP contribution in [0.3, 0.4) is 0 Å². The zero-order chi connectivity index (χ0) is 12.3. The number of alkyl halides is 1. The first kappa shape index (κ1) is 11.7. The molecule has 0 aliphatic rings. The number of aromatic nitrogens is 2. The Morgan fingerprint density at radius 1 is 1.41 bits per heavy atom. The van der Waals surface area contributed by atoms with Gasteiger partial charge in [-0.15, -0.1) is 11.6 Å². The van der Waals surface area contributed by atoms with E-state index in [9.17, 15) is 4.79 Å². The number of nitrogens with zero attached hydrogens (tertiary/aromatic N) is 2. The molecule has 4 nitrogen and oxygen atoms in total. The van der Waals surface area contributed by atoms with E-state index in [-0.39, 0.29) is 11.8 Å². The minimum Gasteiger partial charge on any atom is -0.325 e. The summed E-state index contributed by atoms with van der Waals surface area (Å²) < 4.78 is 1.78. The quantitative estimate of drug-likeness (QED) is 0.849. The Morgan fingerprint density at radius 3 is 2.65 bits per heavy atom. The topological polar surface area (TPSA) is 46.9 Å². The van der Waals surface area contributed by atoms with E-state index >= 15 is 0 Å². The molecule has 0 saturated heterocycles. The second kappa shape index (κ2) is 5.01. The second-order valence-electron chi connectivity index (χ2n) is 3.69. The Balaban J connectivity index is 2.15. The summed E-state index contributed by atoms with van der Waals surface area (Å²) in [6.07, 6.45) is 3.73. The van der Waals surface area contributed by atoms with Crippen molar-refractivity contribution in [2.24, 2.45) is 0 Å². The molecular formula is C12H12ClN3O. The average Bonchev–Trinajstić information content (AvgIpc) is 2.77. The normalized spacial score (nSPS) is 10.2. The van der Waals surface area contributed by atoms with Crippen molar-refractivity contribution in [2.45, 2.75) is 6.92 Å². The molecule has 0 atom stereocenters. The third-order valence-corrected chi connectivity index (χ3v) is 2.49. The number of hydrogen-bond acceptors (Lipinski definition) is 2. The number of amides is 1. The Morgan fingerprint density at radius 2 is 2.12 bits per heavy atom.